The highest BCUT2D eigenvalue weighted by atomic mass is 16.4. The van der Waals surface area contributed by atoms with Crippen LogP contribution in [0.2, 0.25) is 0 Å². The number of nitrogens with zero attached hydrogens (tertiary/aromatic N) is 1. The zero-order chi connectivity index (χ0) is 49.1. The van der Waals surface area contributed by atoms with Gasteiger partial charge in [-0.15, -0.1) is 0 Å². The minimum absolute atomic E-state index is 0.00311. The van der Waals surface area contributed by atoms with Crippen molar-refractivity contribution >= 4 is 64.2 Å². The van der Waals surface area contributed by atoms with Crippen molar-refractivity contribution in [3.05, 3.63) is 36.0 Å². The topological polar surface area (TPSA) is 382 Å². The number of aromatic nitrogens is 1. The van der Waals surface area contributed by atoms with Crippen molar-refractivity contribution in [3.8, 4) is 0 Å². The van der Waals surface area contributed by atoms with Crippen LogP contribution in [0.15, 0.2) is 30.5 Å². The van der Waals surface area contributed by atoms with E-state index in [1.165, 1.54) is 18.7 Å². The summed E-state index contributed by atoms with van der Waals surface area (Å²) in [7, 11) is 0. The summed E-state index contributed by atoms with van der Waals surface area (Å²) >= 11 is 0. The maximum Gasteiger partial charge on any atom is 0.338 e. The lowest BCUT2D eigenvalue weighted by atomic mass is 9.98. The number of benzene rings is 1. The number of amides is 7. The van der Waals surface area contributed by atoms with E-state index in [0.29, 0.717) is 45.1 Å². The lowest BCUT2D eigenvalue weighted by molar-refractivity contribution is -0.463. The summed E-state index contributed by atoms with van der Waals surface area (Å²) < 4.78 is 0. The number of guanidine groups is 1. The molecule has 366 valence electrons. The van der Waals surface area contributed by atoms with Crippen LogP contribution in [-0.2, 0) is 44.8 Å². The Labute approximate surface area is 383 Å². The Balaban J connectivity index is 1.77. The number of aliphatic hydroxyl groups is 2. The number of carbonyl (C=O) groups excluding carboxylic acids is 7. The van der Waals surface area contributed by atoms with Gasteiger partial charge in [0.15, 0.2) is 6.04 Å². The smallest absolute Gasteiger partial charge is 0.338 e. The van der Waals surface area contributed by atoms with Crippen molar-refractivity contribution in [3.63, 3.8) is 0 Å². The second-order valence-corrected chi connectivity index (χ2v) is 16.8. The fraction of sp³-hybridized carbons (Fsp3) is 0.605. The Morgan fingerprint density at radius 1 is 0.879 bits per heavy atom. The molecule has 1 saturated heterocycles. The highest BCUT2D eigenvalue weighted by Crippen LogP contribution is 2.23. The molecule has 23 nitrogen and oxygen atoms in total. The zero-order valence-electron chi connectivity index (χ0n) is 38.2. The lowest BCUT2D eigenvalue weighted by Crippen LogP contribution is -2.78. The minimum atomic E-state index is -1.70. The number of nitrogens with two attached hydrogens (primary N) is 2. The maximum atomic E-state index is 14.4. The molecule has 1 aliphatic heterocycles. The molecule has 23 heteroatoms. The number of carbonyl (C=O) groups is 8. The van der Waals surface area contributed by atoms with E-state index in [1.807, 2.05) is 24.3 Å². The second-order valence-electron chi connectivity index (χ2n) is 16.8. The molecule has 0 unspecified atom stereocenters. The monoisotopic (exact) mass is 931 g/mol. The molecule has 1 aromatic heterocycles. The van der Waals surface area contributed by atoms with Crippen LogP contribution in [-0.4, -0.2) is 153 Å². The van der Waals surface area contributed by atoms with Gasteiger partial charge in [-0.05, 0) is 63.0 Å². The third kappa shape index (κ3) is 16.3. The van der Waals surface area contributed by atoms with E-state index in [1.54, 1.807) is 20.0 Å². The quantitative estimate of drug-likeness (QED) is 0.0227. The maximum absolute atomic E-state index is 14.4. The van der Waals surface area contributed by atoms with Crippen LogP contribution in [0.1, 0.15) is 84.6 Å². The first kappa shape index (κ1) is 54.0. The van der Waals surface area contributed by atoms with Crippen LogP contribution in [0.4, 0.5) is 0 Å². The number of para-hydroxylation sites is 1. The van der Waals surface area contributed by atoms with E-state index in [2.05, 4.69) is 47.6 Å². The van der Waals surface area contributed by atoms with Crippen LogP contribution in [0.5, 0.6) is 0 Å². The minimum Gasteiger partial charge on any atom is -0.480 e. The predicted octanol–water partition coefficient (Wildman–Crippen LogP) is -5.32. The first-order chi connectivity index (χ1) is 31.3. The van der Waals surface area contributed by atoms with E-state index >= 15 is 0 Å². The molecular weight excluding hydrogens is 861 g/mol. The van der Waals surface area contributed by atoms with Gasteiger partial charge in [-0.1, -0.05) is 38.5 Å². The van der Waals surface area contributed by atoms with Gasteiger partial charge in [0.05, 0.1) is 19.3 Å². The van der Waals surface area contributed by atoms with Crippen molar-refractivity contribution in [2.24, 2.45) is 17.4 Å². The van der Waals surface area contributed by atoms with Crippen molar-refractivity contribution in [1.29, 1.82) is 0 Å². The fourth-order valence-corrected chi connectivity index (χ4v) is 7.55. The Hall–Kier alpha value is -6.33. The first-order valence-corrected chi connectivity index (χ1v) is 22.4. The number of fused-ring (bicyclic) bond motifs is 1. The summed E-state index contributed by atoms with van der Waals surface area (Å²) in [5.74, 6) is -6.73. The molecule has 1 aromatic carbocycles. The predicted molar refractivity (Wildman–Crippen MR) is 240 cm³/mol. The lowest BCUT2D eigenvalue weighted by Gasteiger charge is -2.31. The van der Waals surface area contributed by atoms with Gasteiger partial charge in [0.2, 0.25) is 35.4 Å². The molecule has 0 saturated carbocycles. The number of hydrogen-bond donors (Lipinski definition) is 14. The zero-order valence-corrected chi connectivity index (χ0v) is 38.2. The van der Waals surface area contributed by atoms with Crippen molar-refractivity contribution in [2.45, 2.75) is 134 Å². The standard InChI is InChI=1S/C43H68N12O11/c1-5-23(2)34(42(65)66)53-37(60)30(15-8-9-17-47-25(4)58)50-38(61)32(22-56)52-40(63)35(24(3)57)54-39(62)33-16-11-19-55(33)41(64)31(20-26-21-49-29-14-7-6-12-27(26)29)51-36(59)28(44)13-10-18-48-43(45)46/h6-7,12,14,21,23-24,28,30-35,49,56-57H,5,8-11,13,15-20,22,44H2,1-4H3,(H,47,58)(H,50,61)(H,51,59)(H,52,63)(H,53,60)(H,54,62)(H,65,66)(H4,45,46,48)/p+2/t23-,24+,28-,30-,31-,32-,33-,34-,35-/m0/s1. The van der Waals surface area contributed by atoms with Crippen molar-refractivity contribution in [2.75, 3.05) is 26.2 Å². The summed E-state index contributed by atoms with van der Waals surface area (Å²) in [4.78, 5) is 113. The van der Waals surface area contributed by atoms with Crippen LogP contribution in [0.25, 0.3) is 10.9 Å². The van der Waals surface area contributed by atoms with Crippen LogP contribution < -0.4 is 54.1 Å². The molecule has 7 amide bonds. The molecule has 1 fully saturated rings. The van der Waals surface area contributed by atoms with E-state index in [4.69, 9.17) is 11.5 Å². The molecular formula is C43H70N12O11+2. The molecule has 3 rings (SSSR count). The van der Waals surface area contributed by atoms with E-state index in [0.717, 1.165) is 16.5 Å². The molecule has 0 aliphatic carbocycles. The molecule has 9 atom stereocenters. The van der Waals surface area contributed by atoms with Gasteiger partial charge in [-0.25, -0.2) is 4.79 Å². The largest absolute Gasteiger partial charge is 0.480 e. The highest BCUT2D eigenvalue weighted by Gasteiger charge is 2.41. The molecule has 2 heterocycles. The number of rotatable bonds is 27. The van der Waals surface area contributed by atoms with Gasteiger partial charge in [-0.3, -0.25) is 50.0 Å². The highest BCUT2D eigenvalue weighted by molar-refractivity contribution is 5.98. The molecule has 66 heavy (non-hydrogen) atoms. The number of H-pyrrole nitrogens is 1. The molecule has 18 N–H and O–H groups in total. The first-order valence-electron chi connectivity index (χ1n) is 22.4. The number of aliphatic hydroxyl groups excluding tert-OH is 2. The number of quaternary nitrogens is 1. The number of unbranched alkanes of at least 4 members (excludes halogenated alkanes) is 1. The number of nitrogens with one attached hydrogen (secondary N) is 8. The van der Waals surface area contributed by atoms with Gasteiger partial charge in [0.1, 0.15) is 36.3 Å². The molecule has 0 radical (unpaired) electrons. The SMILES string of the molecule is CC[C@H](C)[C@H](NC(=O)[C@H](CCCCNC(C)=O)NC(=O)[C@H](CO)NC(=O)[C@@H](NC(=O)[C@@H]1CCCN1C(=O)[C@H](Cc1c[nH]c2ccccc12)NC(=O)[C@@H]([NH3+])CCC[NH+]=C(N)N)[C@@H](C)O)C(=O)O. The van der Waals surface area contributed by atoms with E-state index in [-0.39, 0.29) is 44.2 Å². The van der Waals surface area contributed by atoms with Gasteiger partial charge in [0, 0.05) is 50.0 Å². The van der Waals surface area contributed by atoms with E-state index < -0.39 is 102 Å². The van der Waals surface area contributed by atoms with Gasteiger partial charge in [0.25, 0.3) is 5.91 Å². The number of aromatic amines is 1. The Morgan fingerprint density at radius 2 is 1.55 bits per heavy atom. The number of hydrogen-bond acceptors (Lipinski definition) is 10. The normalized spacial score (nSPS) is 17.1. The third-order valence-corrected chi connectivity index (χ3v) is 11.6. The fourth-order valence-electron chi connectivity index (χ4n) is 7.55. The van der Waals surface area contributed by atoms with Gasteiger partial charge < -0.3 is 62.8 Å². The third-order valence-electron chi connectivity index (χ3n) is 11.6. The second kappa shape index (κ2) is 26.6. The summed E-state index contributed by atoms with van der Waals surface area (Å²) in [6.07, 6.45) is 2.83. The summed E-state index contributed by atoms with van der Waals surface area (Å²) in [6, 6.07) is -1.54. The summed E-state index contributed by atoms with van der Waals surface area (Å²) in [5, 5.41) is 46.7. The van der Waals surface area contributed by atoms with Crippen molar-refractivity contribution < 1.29 is 64.4 Å². The van der Waals surface area contributed by atoms with Gasteiger partial charge >= 0.3 is 11.9 Å². The molecule has 1 aliphatic rings. The number of carboxylic acid groups (broad SMARTS) is 1. The average Bonchev–Trinajstić information content (AvgIpc) is 3.94. The van der Waals surface area contributed by atoms with Crippen molar-refractivity contribution in [1.82, 2.24) is 41.8 Å². The number of likely N-dealkylation sites (tertiary alicyclic amines) is 1. The van der Waals surface area contributed by atoms with Gasteiger partial charge in [-0.2, -0.15) is 0 Å². The van der Waals surface area contributed by atoms with Crippen LogP contribution >= 0.6 is 0 Å². The summed E-state index contributed by atoms with van der Waals surface area (Å²) in [6.45, 7) is 5.80. The summed E-state index contributed by atoms with van der Waals surface area (Å²) in [5.41, 5.74) is 16.4. The molecule has 0 bridgehead atoms. The molecule has 2 aromatic rings. The van der Waals surface area contributed by atoms with Crippen LogP contribution in [0, 0.1) is 5.92 Å². The number of aliphatic carboxylic acids is 1. The Kier molecular flexibility index (Phi) is 21.8. The van der Waals surface area contributed by atoms with Crippen LogP contribution in [0.3, 0.4) is 0 Å². The molecule has 0 spiro atoms. The Morgan fingerprint density at radius 3 is 2.18 bits per heavy atom. The Bertz CT molecular complexity index is 2020. The number of carboxylic acids is 1. The average molecular weight is 931 g/mol. The van der Waals surface area contributed by atoms with E-state index in [9.17, 15) is 53.7 Å².